The summed E-state index contributed by atoms with van der Waals surface area (Å²) >= 11 is 5.83. The Bertz CT molecular complexity index is 969. The van der Waals surface area contributed by atoms with Crippen molar-refractivity contribution in [2.24, 2.45) is 0 Å². The van der Waals surface area contributed by atoms with Gasteiger partial charge in [0.25, 0.3) is 5.91 Å². The number of amides is 2. The van der Waals surface area contributed by atoms with Crippen molar-refractivity contribution < 1.29 is 28.6 Å². The summed E-state index contributed by atoms with van der Waals surface area (Å²) in [7, 11) is 0. The molecule has 32 heavy (non-hydrogen) atoms. The largest absolute Gasteiger partial charge is 0.454 e. The molecule has 1 saturated heterocycles. The van der Waals surface area contributed by atoms with E-state index in [2.05, 4.69) is 5.32 Å². The SMILES string of the molecule is O=C(COC(=O)C1CC(O)CN1C(=O)Cc1ccccc1F)NCCc1ccc(Cl)cc1. The number of rotatable bonds is 8. The van der Waals surface area contributed by atoms with Crippen molar-refractivity contribution in [1.82, 2.24) is 10.2 Å². The number of halogens is 2. The van der Waals surface area contributed by atoms with Crippen LogP contribution >= 0.6 is 11.6 Å². The lowest BCUT2D eigenvalue weighted by atomic mass is 10.1. The molecule has 2 unspecified atom stereocenters. The van der Waals surface area contributed by atoms with Gasteiger partial charge in [0, 0.05) is 24.5 Å². The highest BCUT2D eigenvalue weighted by Crippen LogP contribution is 2.21. The Balaban J connectivity index is 1.47. The average Bonchev–Trinajstić information content (AvgIpc) is 3.17. The van der Waals surface area contributed by atoms with Gasteiger partial charge in [0.1, 0.15) is 11.9 Å². The van der Waals surface area contributed by atoms with Crippen molar-refractivity contribution in [2.45, 2.75) is 31.4 Å². The van der Waals surface area contributed by atoms with Crippen LogP contribution in [0.1, 0.15) is 17.5 Å². The molecule has 2 aromatic rings. The molecule has 0 aliphatic carbocycles. The maximum atomic E-state index is 13.8. The molecule has 2 atom stereocenters. The Hall–Kier alpha value is -2.97. The Morgan fingerprint density at radius 1 is 1.16 bits per heavy atom. The number of hydrogen-bond donors (Lipinski definition) is 2. The number of hydrogen-bond acceptors (Lipinski definition) is 5. The lowest BCUT2D eigenvalue weighted by Crippen LogP contribution is -2.43. The Labute approximate surface area is 190 Å². The minimum Gasteiger partial charge on any atom is -0.454 e. The number of aliphatic hydroxyl groups is 1. The summed E-state index contributed by atoms with van der Waals surface area (Å²) in [6, 6.07) is 12.1. The van der Waals surface area contributed by atoms with Crippen molar-refractivity contribution in [3.05, 3.63) is 70.5 Å². The van der Waals surface area contributed by atoms with Gasteiger partial charge in [0.05, 0.1) is 12.5 Å². The molecule has 2 aromatic carbocycles. The molecule has 0 saturated carbocycles. The first-order valence-corrected chi connectivity index (χ1v) is 10.6. The van der Waals surface area contributed by atoms with Crippen LogP contribution in [-0.4, -0.2) is 59.6 Å². The molecule has 7 nitrogen and oxygen atoms in total. The summed E-state index contributed by atoms with van der Waals surface area (Å²) in [4.78, 5) is 38.2. The Morgan fingerprint density at radius 3 is 2.59 bits per heavy atom. The predicted molar refractivity (Wildman–Crippen MR) is 115 cm³/mol. The second-order valence-electron chi connectivity index (χ2n) is 7.55. The number of esters is 1. The van der Waals surface area contributed by atoms with Crippen LogP contribution in [0.25, 0.3) is 0 Å². The molecule has 0 radical (unpaired) electrons. The van der Waals surface area contributed by atoms with Gasteiger partial charge in [-0.1, -0.05) is 41.9 Å². The summed E-state index contributed by atoms with van der Waals surface area (Å²) in [6.07, 6.45) is -0.552. The molecule has 1 heterocycles. The molecule has 0 bridgehead atoms. The first kappa shape index (κ1) is 23.7. The number of carbonyl (C=O) groups is 3. The van der Waals surface area contributed by atoms with Crippen LogP contribution in [0.4, 0.5) is 4.39 Å². The zero-order valence-electron chi connectivity index (χ0n) is 17.3. The van der Waals surface area contributed by atoms with Crippen LogP contribution in [0.2, 0.25) is 5.02 Å². The first-order valence-electron chi connectivity index (χ1n) is 10.2. The zero-order valence-corrected chi connectivity index (χ0v) is 18.1. The van der Waals surface area contributed by atoms with Crippen molar-refractivity contribution in [1.29, 1.82) is 0 Å². The van der Waals surface area contributed by atoms with Crippen molar-refractivity contribution in [3.63, 3.8) is 0 Å². The molecule has 2 N–H and O–H groups in total. The third-order valence-electron chi connectivity index (χ3n) is 5.17. The van der Waals surface area contributed by atoms with E-state index in [1.165, 1.54) is 23.1 Å². The van der Waals surface area contributed by atoms with Gasteiger partial charge in [-0.15, -0.1) is 0 Å². The topological polar surface area (TPSA) is 95.9 Å². The molecule has 9 heteroatoms. The second kappa shape index (κ2) is 11.1. The molecular formula is C23H24ClFN2O5. The van der Waals surface area contributed by atoms with Gasteiger partial charge < -0.3 is 20.1 Å². The predicted octanol–water partition coefficient (Wildman–Crippen LogP) is 1.89. The van der Waals surface area contributed by atoms with Crippen molar-refractivity contribution >= 4 is 29.4 Å². The maximum absolute atomic E-state index is 13.8. The average molecular weight is 463 g/mol. The van der Waals surface area contributed by atoms with E-state index in [0.717, 1.165) is 5.56 Å². The molecule has 1 aliphatic heterocycles. The summed E-state index contributed by atoms with van der Waals surface area (Å²) < 4.78 is 18.9. The molecule has 0 spiro atoms. The highest BCUT2D eigenvalue weighted by Gasteiger charge is 2.40. The molecule has 3 rings (SSSR count). The number of likely N-dealkylation sites (tertiary alicyclic amines) is 1. The van der Waals surface area contributed by atoms with Gasteiger partial charge in [-0.2, -0.15) is 0 Å². The van der Waals surface area contributed by atoms with E-state index in [0.29, 0.717) is 18.0 Å². The number of nitrogens with zero attached hydrogens (tertiary/aromatic N) is 1. The number of carbonyl (C=O) groups excluding carboxylic acids is 3. The first-order chi connectivity index (χ1) is 15.3. The van der Waals surface area contributed by atoms with Crippen LogP contribution in [0, 0.1) is 5.82 Å². The van der Waals surface area contributed by atoms with E-state index in [-0.39, 0.29) is 24.9 Å². The number of β-amino-alcohol motifs (C(OH)–C–C–N with tert-alkyl or cyclic N) is 1. The minimum atomic E-state index is -1.02. The normalized spacial score (nSPS) is 17.8. The van der Waals surface area contributed by atoms with Crippen molar-refractivity contribution in [3.8, 4) is 0 Å². The van der Waals surface area contributed by atoms with Gasteiger partial charge >= 0.3 is 5.97 Å². The van der Waals surface area contributed by atoms with Crippen molar-refractivity contribution in [2.75, 3.05) is 19.7 Å². The van der Waals surface area contributed by atoms with Gasteiger partial charge in [-0.3, -0.25) is 9.59 Å². The van der Waals surface area contributed by atoms with E-state index >= 15 is 0 Å². The van der Waals surface area contributed by atoms with Gasteiger partial charge in [-0.05, 0) is 35.7 Å². The highest BCUT2D eigenvalue weighted by molar-refractivity contribution is 6.30. The Kier molecular flexibility index (Phi) is 8.19. The molecule has 170 valence electrons. The van der Waals surface area contributed by atoms with Gasteiger partial charge in [0.15, 0.2) is 6.61 Å². The summed E-state index contributed by atoms with van der Waals surface area (Å²) in [5.74, 6) is -2.28. The van der Waals surface area contributed by atoms with Crippen LogP contribution in [-0.2, 0) is 32.0 Å². The van der Waals surface area contributed by atoms with Gasteiger partial charge in [-0.25, -0.2) is 9.18 Å². The fourth-order valence-electron chi connectivity index (χ4n) is 3.50. The molecule has 0 aromatic heterocycles. The number of benzene rings is 2. The number of nitrogens with one attached hydrogen (secondary N) is 1. The van der Waals surface area contributed by atoms with Crippen LogP contribution in [0.15, 0.2) is 48.5 Å². The minimum absolute atomic E-state index is 0.0000307. The third kappa shape index (κ3) is 6.51. The van der Waals surface area contributed by atoms with Crippen LogP contribution < -0.4 is 5.32 Å². The lowest BCUT2D eigenvalue weighted by molar-refractivity contribution is -0.155. The van der Waals surface area contributed by atoms with E-state index in [1.54, 1.807) is 18.2 Å². The standard InChI is InChI=1S/C23H24ClFN2O5/c24-17-7-5-15(6-8-17)9-10-26-21(29)14-32-23(31)20-12-18(28)13-27(20)22(30)11-16-3-1-2-4-19(16)25/h1-8,18,20,28H,9-14H2,(H,26,29). The number of ether oxygens (including phenoxy) is 1. The third-order valence-corrected chi connectivity index (χ3v) is 5.42. The lowest BCUT2D eigenvalue weighted by Gasteiger charge is -2.23. The fraction of sp³-hybridized carbons (Fsp3) is 0.348. The van der Waals surface area contributed by atoms with Crippen LogP contribution in [0.5, 0.6) is 0 Å². The van der Waals surface area contributed by atoms with E-state index < -0.39 is 42.4 Å². The number of aliphatic hydroxyl groups excluding tert-OH is 1. The molecule has 1 aliphatic rings. The molecule has 1 fully saturated rings. The smallest absolute Gasteiger partial charge is 0.329 e. The van der Waals surface area contributed by atoms with E-state index in [4.69, 9.17) is 16.3 Å². The monoisotopic (exact) mass is 462 g/mol. The summed E-state index contributed by atoms with van der Waals surface area (Å²) in [5.41, 5.74) is 1.20. The quantitative estimate of drug-likeness (QED) is 0.584. The zero-order chi connectivity index (χ0) is 23.1. The second-order valence-corrected chi connectivity index (χ2v) is 7.99. The summed E-state index contributed by atoms with van der Waals surface area (Å²) in [5, 5.41) is 13.2. The Morgan fingerprint density at radius 2 is 1.88 bits per heavy atom. The van der Waals surface area contributed by atoms with E-state index in [1.807, 2.05) is 12.1 Å². The van der Waals surface area contributed by atoms with Gasteiger partial charge in [0.2, 0.25) is 5.91 Å². The van der Waals surface area contributed by atoms with E-state index in [9.17, 15) is 23.9 Å². The fourth-order valence-corrected chi connectivity index (χ4v) is 3.63. The highest BCUT2D eigenvalue weighted by atomic mass is 35.5. The molecule has 2 amide bonds. The van der Waals surface area contributed by atoms with Crippen LogP contribution in [0.3, 0.4) is 0 Å². The maximum Gasteiger partial charge on any atom is 0.329 e. The molecular weight excluding hydrogens is 439 g/mol. The summed E-state index contributed by atoms with van der Waals surface area (Å²) in [6.45, 7) is -0.199.